The summed E-state index contributed by atoms with van der Waals surface area (Å²) in [5, 5.41) is 21.0. The first-order valence-electron chi connectivity index (χ1n) is 9.52. The Kier molecular flexibility index (Phi) is 12.2. The largest absolute Gasteiger partial charge is 2.00 e. The van der Waals surface area contributed by atoms with Crippen LogP contribution in [0.4, 0.5) is 0 Å². The number of carboxylic acids is 2. The zero-order valence-corrected chi connectivity index (χ0v) is 19.6. The fraction of sp³-hybridized carbons (Fsp3) is 0.600. The van der Waals surface area contributed by atoms with Crippen LogP contribution in [0.15, 0.2) is 0 Å². The Morgan fingerprint density at radius 3 is 1.03 bits per heavy atom. The predicted molar refractivity (Wildman–Crippen MR) is 98.8 cm³/mol. The van der Waals surface area contributed by atoms with Crippen molar-refractivity contribution in [2.24, 2.45) is 23.7 Å². The van der Waals surface area contributed by atoms with Gasteiger partial charge in [0.2, 0.25) is 0 Å². The van der Waals surface area contributed by atoms with Gasteiger partial charge < -0.3 is 19.8 Å². The van der Waals surface area contributed by atoms with Gasteiger partial charge in [-0.2, -0.15) is 0 Å². The molecule has 0 amide bonds. The van der Waals surface area contributed by atoms with Crippen LogP contribution in [0.2, 0.25) is 0 Å². The SMILES string of the molecule is CCC(=O)C1C(=O)CC(C(=O)[O-])CC1=O.CCC(=O)C1C(=O)CC(C(=O)[O-])CC1=O.[Ca+2]. The van der Waals surface area contributed by atoms with Gasteiger partial charge in [-0.15, -0.1) is 0 Å². The molecule has 31 heavy (non-hydrogen) atoms. The molecule has 0 spiro atoms. The normalized spacial score (nSPS) is 25.6. The molecule has 164 valence electrons. The second kappa shape index (κ2) is 12.9. The van der Waals surface area contributed by atoms with Gasteiger partial charge in [0.25, 0.3) is 0 Å². The Morgan fingerprint density at radius 1 is 0.645 bits per heavy atom. The molecule has 2 fully saturated rings. The van der Waals surface area contributed by atoms with E-state index in [1.807, 2.05) is 0 Å². The molecule has 0 atom stereocenters. The third kappa shape index (κ3) is 7.69. The zero-order valence-electron chi connectivity index (χ0n) is 17.3. The molecule has 0 aromatic heterocycles. The van der Waals surface area contributed by atoms with Crippen LogP contribution in [-0.2, 0) is 38.4 Å². The molecule has 2 aliphatic rings. The van der Waals surface area contributed by atoms with Crippen LogP contribution in [0.25, 0.3) is 0 Å². The average Bonchev–Trinajstić information content (AvgIpc) is 2.66. The van der Waals surface area contributed by atoms with E-state index in [-0.39, 0.29) is 76.3 Å². The van der Waals surface area contributed by atoms with Crippen LogP contribution in [0.3, 0.4) is 0 Å². The van der Waals surface area contributed by atoms with E-state index in [2.05, 4.69) is 0 Å². The number of aliphatic carboxylic acids is 2. The number of Topliss-reactive ketones (excluding diaryl/α,β-unsaturated/α-hetero) is 6. The van der Waals surface area contributed by atoms with E-state index < -0.39 is 70.3 Å². The molecule has 0 radical (unpaired) electrons. The number of carboxylic acid groups (broad SMARTS) is 2. The molecule has 0 aromatic rings. The van der Waals surface area contributed by atoms with Crippen LogP contribution in [0, 0.1) is 23.7 Å². The second-order valence-corrected chi connectivity index (χ2v) is 7.22. The molecule has 0 unspecified atom stereocenters. The summed E-state index contributed by atoms with van der Waals surface area (Å²) in [4.78, 5) is 89.0. The van der Waals surface area contributed by atoms with E-state index in [0.717, 1.165) is 0 Å². The number of hydrogen-bond acceptors (Lipinski definition) is 10. The van der Waals surface area contributed by atoms with Gasteiger partial charge in [0.05, 0.1) is 0 Å². The maximum absolute atomic E-state index is 11.4. The molecular weight excluding hydrogens is 440 g/mol. The molecule has 10 nitrogen and oxygen atoms in total. The van der Waals surface area contributed by atoms with Crippen LogP contribution in [-0.4, -0.2) is 84.4 Å². The molecule has 0 heterocycles. The van der Waals surface area contributed by atoms with Gasteiger partial charge in [0.1, 0.15) is 11.8 Å². The Labute approximate surface area is 208 Å². The quantitative estimate of drug-likeness (QED) is 0.299. The first-order chi connectivity index (χ1) is 13.9. The van der Waals surface area contributed by atoms with Crippen molar-refractivity contribution < 1.29 is 48.6 Å². The molecule has 0 bridgehead atoms. The van der Waals surface area contributed by atoms with Gasteiger partial charge in [0.15, 0.2) is 34.7 Å². The molecule has 0 aromatic carbocycles. The van der Waals surface area contributed by atoms with Crippen LogP contribution in [0.5, 0.6) is 0 Å². The number of ketones is 6. The summed E-state index contributed by atoms with van der Waals surface area (Å²) in [6.07, 6.45) is -0.875. The summed E-state index contributed by atoms with van der Waals surface area (Å²) in [6.45, 7) is 3.13. The van der Waals surface area contributed by atoms with Crippen molar-refractivity contribution in [3.05, 3.63) is 0 Å². The van der Waals surface area contributed by atoms with Crippen LogP contribution >= 0.6 is 0 Å². The smallest absolute Gasteiger partial charge is 0.550 e. The van der Waals surface area contributed by atoms with Crippen LogP contribution < -0.4 is 10.2 Å². The standard InChI is InChI=1S/2C10H12O5.Ca/c2*1-2-6(11)9-7(12)3-5(10(14)15)4-8(9)13;/h2*5,9H,2-4H2,1H3,(H,14,15);/q;;+2/p-2. The van der Waals surface area contributed by atoms with E-state index in [9.17, 15) is 48.6 Å². The summed E-state index contributed by atoms with van der Waals surface area (Å²) in [7, 11) is 0. The van der Waals surface area contributed by atoms with Crippen molar-refractivity contribution in [1.82, 2.24) is 0 Å². The molecular formula is C20H22CaO10. The summed E-state index contributed by atoms with van der Waals surface area (Å²) in [5.74, 6) is -10.6. The van der Waals surface area contributed by atoms with Gasteiger partial charge in [-0.1, -0.05) is 13.8 Å². The topological polar surface area (TPSA) is 183 Å². The summed E-state index contributed by atoms with van der Waals surface area (Å²) in [5.41, 5.74) is 0. The number of hydrogen-bond donors (Lipinski definition) is 0. The summed E-state index contributed by atoms with van der Waals surface area (Å²) < 4.78 is 0. The third-order valence-corrected chi connectivity index (χ3v) is 5.09. The minimum absolute atomic E-state index is 0. The second-order valence-electron chi connectivity index (χ2n) is 7.22. The molecule has 2 saturated carbocycles. The Hall–Kier alpha value is -1.78. The fourth-order valence-electron chi connectivity index (χ4n) is 3.41. The number of carbonyl (C=O) groups excluding carboxylic acids is 8. The van der Waals surface area contributed by atoms with E-state index in [1.54, 1.807) is 13.8 Å². The van der Waals surface area contributed by atoms with Crippen molar-refractivity contribution in [2.75, 3.05) is 0 Å². The number of rotatable bonds is 6. The first kappa shape index (κ1) is 29.2. The zero-order chi connectivity index (χ0) is 23.2. The molecule has 2 aliphatic carbocycles. The van der Waals surface area contributed by atoms with E-state index in [4.69, 9.17) is 0 Å². The maximum Gasteiger partial charge on any atom is 2.00 e. The average molecular weight is 462 g/mol. The van der Waals surface area contributed by atoms with E-state index in [0.29, 0.717) is 0 Å². The molecule has 0 aliphatic heterocycles. The minimum Gasteiger partial charge on any atom is -0.550 e. The first-order valence-corrected chi connectivity index (χ1v) is 9.52. The fourth-order valence-corrected chi connectivity index (χ4v) is 3.41. The number of carbonyl (C=O) groups is 8. The maximum atomic E-state index is 11.4. The van der Waals surface area contributed by atoms with Gasteiger partial charge >= 0.3 is 37.7 Å². The third-order valence-electron chi connectivity index (χ3n) is 5.09. The summed E-state index contributed by atoms with van der Waals surface area (Å²) >= 11 is 0. The molecule has 2 rings (SSSR count). The van der Waals surface area contributed by atoms with Crippen molar-refractivity contribution in [2.45, 2.75) is 52.4 Å². The monoisotopic (exact) mass is 462 g/mol. The van der Waals surface area contributed by atoms with E-state index >= 15 is 0 Å². The molecule has 0 N–H and O–H groups in total. The summed E-state index contributed by atoms with van der Waals surface area (Å²) in [6, 6.07) is 0. The van der Waals surface area contributed by atoms with Crippen molar-refractivity contribution in [3.8, 4) is 0 Å². The Balaban J connectivity index is 0.000000562. The van der Waals surface area contributed by atoms with Crippen molar-refractivity contribution in [1.29, 1.82) is 0 Å². The Bertz CT molecular complexity index is 698. The van der Waals surface area contributed by atoms with Crippen molar-refractivity contribution >= 4 is 84.4 Å². The van der Waals surface area contributed by atoms with Crippen molar-refractivity contribution in [3.63, 3.8) is 0 Å². The molecule has 0 saturated heterocycles. The van der Waals surface area contributed by atoms with E-state index in [1.165, 1.54) is 0 Å². The molecule has 11 heteroatoms. The van der Waals surface area contributed by atoms with Gasteiger partial charge in [-0.3, -0.25) is 28.8 Å². The van der Waals surface area contributed by atoms with Gasteiger partial charge in [0, 0.05) is 62.3 Å². The minimum atomic E-state index is -1.40. The van der Waals surface area contributed by atoms with Gasteiger partial charge in [-0.05, 0) is 0 Å². The van der Waals surface area contributed by atoms with Gasteiger partial charge in [-0.25, -0.2) is 0 Å². The predicted octanol–water partition coefficient (Wildman–Crippen LogP) is -2.62. The van der Waals surface area contributed by atoms with Crippen LogP contribution in [0.1, 0.15) is 52.4 Å². The Morgan fingerprint density at radius 2 is 0.871 bits per heavy atom.